The Morgan fingerprint density at radius 3 is 2.10 bits per heavy atom. The Bertz CT molecular complexity index is 785. The second kappa shape index (κ2) is 4.37. The molecule has 0 saturated heterocycles. The first-order valence-electron chi connectivity index (χ1n) is 7.43. The van der Waals surface area contributed by atoms with Crippen LogP contribution in [-0.2, 0) is 18.9 Å². The van der Waals surface area contributed by atoms with E-state index in [1.165, 1.54) is 32.9 Å². The molecule has 0 aliphatic heterocycles. The van der Waals surface area contributed by atoms with Gasteiger partial charge in [0.05, 0.1) is 0 Å². The van der Waals surface area contributed by atoms with E-state index < -0.39 is 0 Å². The van der Waals surface area contributed by atoms with Gasteiger partial charge in [0.25, 0.3) is 0 Å². The third kappa shape index (κ3) is 1.93. The third-order valence-electron chi connectivity index (χ3n) is 4.34. The van der Waals surface area contributed by atoms with E-state index in [0.29, 0.717) is 0 Å². The minimum absolute atomic E-state index is 0.193. The van der Waals surface area contributed by atoms with Crippen molar-refractivity contribution in [2.24, 2.45) is 7.05 Å². The van der Waals surface area contributed by atoms with Crippen molar-refractivity contribution in [2.45, 2.75) is 39.5 Å². The number of aromatic nitrogens is 1. The van der Waals surface area contributed by atoms with Crippen LogP contribution in [0.4, 0.5) is 0 Å². The third-order valence-corrected chi connectivity index (χ3v) is 4.34. The predicted molar refractivity (Wildman–Crippen MR) is 88.5 cm³/mol. The second-order valence-electron chi connectivity index (χ2n) is 6.75. The molecule has 1 heteroatoms. The monoisotopic (exact) mass is 265 g/mol. The summed E-state index contributed by atoms with van der Waals surface area (Å²) >= 11 is 0. The van der Waals surface area contributed by atoms with E-state index in [9.17, 15) is 0 Å². The Balaban J connectivity index is 2.40. The number of fused-ring (bicyclic) bond motifs is 3. The Morgan fingerprint density at radius 2 is 1.50 bits per heavy atom. The summed E-state index contributed by atoms with van der Waals surface area (Å²) in [7, 11) is 2.16. The highest BCUT2D eigenvalue weighted by Gasteiger charge is 2.16. The van der Waals surface area contributed by atoms with Crippen molar-refractivity contribution in [1.82, 2.24) is 4.57 Å². The smallest absolute Gasteiger partial charge is 0.0488 e. The van der Waals surface area contributed by atoms with Gasteiger partial charge in [-0.1, -0.05) is 39.8 Å². The summed E-state index contributed by atoms with van der Waals surface area (Å²) in [4.78, 5) is 0. The molecular weight excluding hydrogens is 242 g/mol. The normalized spacial score (nSPS) is 12.4. The molecule has 0 radical (unpaired) electrons. The van der Waals surface area contributed by atoms with Gasteiger partial charge in [-0.05, 0) is 47.2 Å². The molecule has 0 fully saturated rings. The first kappa shape index (κ1) is 13.2. The van der Waals surface area contributed by atoms with Crippen molar-refractivity contribution in [3.8, 4) is 0 Å². The van der Waals surface area contributed by atoms with Crippen molar-refractivity contribution >= 4 is 21.8 Å². The summed E-state index contributed by atoms with van der Waals surface area (Å²) in [5.74, 6) is 0. The molecule has 1 aromatic heterocycles. The Hall–Kier alpha value is -1.76. The van der Waals surface area contributed by atoms with Crippen LogP contribution in [0.5, 0.6) is 0 Å². The topological polar surface area (TPSA) is 4.93 Å². The lowest BCUT2D eigenvalue weighted by atomic mass is 9.86. The molecule has 2 aromatic carbocycles. The van der Waals surface area contributed by atoms with Gasteiger partial charge in [-0.3, -0.25) is 0 Å². The van der Waals surface area contributed by atoms with Gasteiger partial charge in [-0.2, -0.15) is 0 Å². The Morgan fingerprint density at radius 1 is 0.900 bits per heavy atom. The molecule has 0 atom stereocenters. The summed E-state index contributed by atoms with van der Waals surface area (Å²) in [5.41, 5.74) is 5.65. The zero-order chi connectivity index (χ0) is 14.5. The summed E-state index contributed by atoms with van der Waals surface area (Å²) in [6, 6.07) is 13.8. The van der Waals surface area contributed by atoms with Crippen molar-refractivity contribution in [1.29, 1.82) is 0 Å². The standard InChI is InChI=1S/C19H23N/c1-6-13-7-9-17-15(11-13)16-12-14(19(2,3)4)8-10-18(16)20(17)5/h7-12H,6H2,1-5H3. The molecule has 0 N–H and O–H groups in total. The molecule has 1 heterocycles. The van der Waals surface area contributed by atoms with Crippen LogP contribution in [0, 0.1) is 0 Å². The first-order valence-corrected chi connectivity index (χ1v) is 7.43. The van der Waals surface area contributed by atoms with Gasteiger partial charge >= 0.3 is 0 Å². The lowest BCUT2D eigenvalue weighted by Crippen LogP contribution is -2.10. The lowest BCUT2D eigenvalue weighted by Gasteiger charge is -2.19. The number of hydrogen-bond acceptors (Lipinski definition) is 0. The SMILES string of the molecule is CCc1ccc2c(c1)c1cc(C(C)(C)C)ccc1n2C. The van der Waals surface area contributed by atoms with E-state index in [1.807, 2.05) is 0 Å². The maximum atomic E-state index is 2.37. The number of rotatable bonds is 1. The highest BCUT2D eigenvalue weighted by molar-refractivity contribution is 6.08. The molecule has 0 amide bonds. The van der Waals surface area contributed by atoms with Gasteiger partial charge in [-0.25, -0.2) is 0 Å². The number of benzene rings is 2. The lowest BCUT2D eigenvalue weighted by molar-refractivity contribution is 0.591. The summed E-state index contributed by atoms with van der Waals surface area (Å²) in [5, 5.41) is 2.76. The summed E-state index contributed by atoms with van der Waals surface area (Å²) in [6.07, 6.45) is 1.09. The molecule has 1 nitrogen and oxygen atoms in total. The van der Waals surface area contributed by atoms with Crippen LogP contribution in [0.1, 0.15) is 38.8 Å². The minimum atomic E-state index is 0.193. The number of aryl methyl sites for hydroxylation is 2. The van der Waals surface area contributed by atoms with Gasteiger partial charge in [0, 0.05) is 28.9 Å². The quantitative estimate of drug-likeness (QED) is 0.570. The summed E-state index contributed by atoms with van der Waals surface area (Å²) < 4.78 is 2.30. The van der Waals surface area contributed by atoms with Gasteiger partial charge < -0.3 is 4.57 Å². The largest absolute Gasteiger partial charge is 0.344 e. The van der Waals surface area contributed by atoms with Crippen LogP contribution in [0.3, 0.4) is 0 Å². The van der Waals surface area contributed by atoms with Crippen LogP contribution < -0.4 is 0 Å². The van der Waals surface area contributed by atoms with Crippen molar-refractivity contribution < 1.29 is 0 Å². The molecule has 0 saturated carbocycles. The summed E-state index contributed by atoms with van der Waals surface area (Å²) in [6.45, 7) is 9.04. The average molecular weight is 265 g/mol. The van der Waals surface area contributed by atoms with Gasteiger partial charge in [-0.15, -0.1) is 0 Å². The maximum Gasteiger partial charge on any atom is 0.0488 e. The van der Waals surface area contributed by atoms with Crippen LogP contribution in [0.2, 0.25) is 0 Å². The van der Waals surface area contributed by atoms with E-state index in [0.717, 1.165) is 6.42 Å². The molecule has 0 bridgehead atoms. The van der Waals surface area contributed by atoms with E-state index >= 15 is 0 Å². The van der Waals surface area contributed by atoms with E-state index in [4.69, 9.17) is 0 Å². The molecule has 0 aliphatic rings. The van der Waals surface area contributed by atoms with Crippen molar-refractivity contribution in [3.63, 3.8) is 0 Å². The van der Waals surface area contributed by atoms with Crippen molar-refractivity contribution in [2.75, 3.05) is 0 Å². The van der Waals surface area contributed by atoms with Crippen LogP contribution in [0.25, 0.3) is 21.8 Å². The molecule has 0 spiro atoms. The number of nitrogens with zero attached hydrogens (tertiary/aromatic N) is 1. The highest BCUT2D eigenvalue weighted by Crippen LogP contribution is 2.33. The van der Waals surface area contributed by atoms with E-state index in [-0.39, 0.29) is 5.41 Å². The minimum Gasteiger partial charge on any atom is -0.344 e. The average Bonchev–Trinajstić information content (AvgIpc) is 2.70. The molecule has 3 aromatic rings. The molecule has 0 aliphatic carbocycles. The van der Waals surface area contributed by atoms with E-state index in [1.54, 1.807) is 0 Å². The van der Waals surface area contributed by atoms with Crippen molar-refractivity contribution in [3.05, 3.63) is 47.5 Å². The Labute approximate surface area is 121 Å². The fourth-order valence-corrected chi connectivity index (χ4v) is 2.95. The number of hydrogen-bond donors (Lipinski definition) is 0. The van der Waals surface area contributed by atoms with Crippen LogP contribution in [0.15, 0.2) is 36.4 Å². The molecule has 3 rings (SSSR count). The highest BCUT2D eigenvalue weighted by atomic mass is 14.9. The first-order chi connectivity index (χ1) is 9.41. The van der Waals surface area contributed by atoms with Gasteiger partial charge in [0.1, 0.15) is 0 Å². The van der Waals surface area contributed by atoms with Crippen LogP contribution in [-0.4, -0.2) is 4.57 Å². The van der Waals surface area contributed by atoms with Crippen LogP contribution >= 0.6 is 0 Å². The fraction of sp³-hybridized carbons (Fsp3) is 0.368. The zero-order valence-corrected chi connectivity index (χ0v) is 13.1. The molecule has 0 unspecified atom stereocenters. The predicted octanol–water partition coefficient (Wildman–Crippen LogP) is 5.19. The fourth-order valence-electron chi connectivity index (χ4n) is 2.95. The van der Waals surface area contributed by atoms with Gasteiger partial charge in [0.15, 0.2) is 0 Å². The molecular formula is C19H23N. The van der Waals surface area contributed by atoms with Gasteiger partial charge in [0.2, 0.25) is 0 Å². The molecule has 104 valence electrons. The van der Waals surface area contributed by atoms with E-state index in [2.05, 4.69) is 75.7 Å². The zero-order valence-electron chi connectivity index (χ0n) is 13.1. The Kier molecular flexibility index (Phi) is 2.89. The maximum absolute atomic E-state index is 2.37. The molecule has 20 heavy (non-hydrogen) atoms. The second-order valence-corrected chi connectivity index (χ2v) is 6.75.